The Kier molecular flexibility index (Phi) is 3.33. The molecule has 21 heavy (non-hydrogen) atoms. The summed E-state index contributed by atoms with van der Waals surface area (Å²) in [4.78, 5) is 4.36. The van der Waals surface area contributed by atoms with E-state index in [4.69, 9.17) is 0 Å². The van der Waals surface area contributed by atoms with Crippen LogP contribution < -0.4 is 10.0 Å². The van der Waals surface area contributed by atoms with E-state index in [1.54, 1.807) is 18.3 Å². The van der Waals surface area contributed by atoms with Gasteiger partial charge >= 0.3 is 0 Å². The zero-order valence-electron chi connectivity index (χ0n) is 11.9. The Balaban J connectivity index is 1.94. The van der Waals surface area contributed by atoms with Gasteiger partial charge in [0.25, 0.3) is 0 Å². The lowest BCUT2D eigenvalue weighted by molar-refractivity contribution is 0.607. The second kappa shape index (κ2) is 5.04. The highest BCUT2D eigenvalue weighted by Crippen LogP contribution is 2.33. The Morgan fingerprint density at radius 3 is 2.62 bits per heavy atom. The fourth-order valence-corrected chi connectivity index (χ4v) is 3.18. The largest absolute Gasteiger partial charge is 0.367 e. The molecule has 0 radical (unpaired) electrons. The van der Waals surface area contributed by atoms with Crippen LogP contribution in [0.1, 0.15) is 12.5 Å². The van der Waals surface area contributed by atoms with Crippen molar-refractivity contribution in [1.82, 2.24) is 4.98 Å². The van der Waals surface area contributed by atoms with E-state index in [9.17, 15) is 8.42 Å². The molecule has 0 aliphatic carbocycles. The van der Waals surface area contributed by atoms with E-state index in [2.05, 4.69) is 21.9 Å². The van der Waals surface area contributed by atoms with E-state index in [0.717, 1.165) is 29.6 Å². The Morgan fingerprint density at radius 2 is 1.95 bits per heavy atom. The molecule has 0 fully saturated rings. The molecule has 1 aromatic carbocycles. The Bertz CT molecular complexity index is 770. The summed E-state index contributed by atoms with van der Waals surface area (Å²) in [5.74, 6) is 0.943. The van der Waals surface area contributed by atoms with Crippen molar-refractivity contribution in [1.29, 1.82) is 0 Å². The zero-order chi connectivity index (χ0) is 15.0. The summed E-state index contributed by atoms with van der Waals surface area (Å²) < 4.78 is 24.9. The first-order valence-electron chi connectivity index (χ1n) is 6.75. The Labute approximate surface area is 124 Å². The summed E-state index contributed by atoms with van der Waals surface area (Å²) in [5, 5.41) is 3.35. The summed E-state index contributed by atoms with van der Waals surface area (Å²) in [6.45, 7) is 2.13. The van der Waals surface area contributed by atoms with Gasteiger partial charge < -0.3 is 5.32 Å². The topological polar surface area (TPSA) is 71.1 Å². The Morgan fingerprint density at radius 1 is 1.24 bits per heavy atom. The maximum absolute atomic E-state index is 11.2. The Hall–Kier alpha value is -2.08. The number of nitrogens with one attached hydrogen (secondary N) is 2. The number of anilines is 2. The van der Waals surface area contributed by atoms with Crippen LogP contribution in [-0.2, 0) is 16.4 Å². The van der Waals surface area contributed by atoms with Crippen molar-refractivity contribution in [2.24, 2.45) is 0 Å². The molecule has 0 saturated heterocycles. The molecule has 1 aliphatic heterocycles. The third-order valence-corrected chi connectivity index (χ3v) is 4.05. The van der Waals surface area contributed by atoms with Crippen LogP contribution in [0, 0.1) is 0 Å². The lowest BCUT2D eigenvalue weighted by Crippen LogP contribution is -2.09. The molecular formula is C15H17N3O2S. The van der Waals surface area contributed by atoms with Gasteiger partial charge in [0.2, 0.25) is 10.0 Å². The second-order valence-electron chi connectivity index (χ2n) is 5.39. The van der Waals surface area contributed by atoms with Gasteiger partial charge in [0, 0.05) is 23.5 Å². The van der Waals surface area contributed by atoms with Crippen molar-refractivity contribution >= 4 is 21.5 Å². The third kappa shape index (κ3) is 3.00. The van der Waals surface area contributed by atoms with Gasteiger partial charge in [-0.15, -0.1) is 0 Å². The van der Waals surface area contributed by atoms with Crippen LogP contribution in [-0.4, -0.2) is 25.7 Å². The average molecular weight is 303 g/mol. The molecule has 1 aromatic heterocycles. The smallest absolute Gasteiger partial charge is 0.229 e. The summed E-state index contributed by atoms with van der Waals surface area (Å²) in [6, 6.07) is 9.78. The minimum Gasteiger partial charge on any atom is -0.367 e. The summed E-state index contributed by atoms with van der Waals surface area (Å²) in [6.07, 6.45) is 3.88. The number of hydrogen-bond donors (Lipinski definition) is 2. The predicted molar refractivity (Wildman–Crippen MR) is 84.9 cm³/mol. The van der Waals surface area contributed by atoms with Crippen LogP contribution in [0.25, 0.3) is 11.1 Å². The number of fused-ring (bicyclic) bond motifs is 1. The maximum Gasteiger partial charge on any atom is 0.229 e. The van der Waals surface area contributed by atoms with Crippen molar-refractivity contribution in [3.63, 3.8) is 0 Å². The number of pyridine rings is 1. The van der Waals surface area contributed by atoms with Crippen LogP contribution in [0.2, 0.25) is 0 Å². The summed E-state index contributed by atoms with van der Waals surface area (Å²) in [7, 11) is -3.24. The minimum absolute atomic E-state index is 0.389. The molecule has 1 atom stereocenters. The molecule has 1 unspecified atom stereocenters. The molecule has 0 amide bonds. The van der Waals surface area contributed by atoms with Crippen molar-refractivity contribution < 1.29 is 8.42 Å². The van der Waals surface area contributed by atoms with Crippen LogP contribution in [0.3, 0.4) is 0 Å². The van der Waals surface area contributed by atoms with Gasteiger partial charge in [-0.05, 0) is 42.7 Å². The number of sulfonamides is 1. The van der Waals surface area contributed by atoms with E-state index >= 15 is 0 Å². The molecule has 5 nitrogen and oxygen atoms in total. The lowest BCUT2D eigenvalue weighted by atomic mass is 9.99. The van der Waals surface area contributed by atoms with Crippen molar-refractivity contribution in [2.75, 3.05) is 16.3 Å². The van der Waals surface area contributed by atoms with Gasteiger partial charge in [-0.2, -0.15) is 0 Å². The van der Waals surface area contributed by atoms with E-state index in [1.807, 2.05) is 18.2 Å². The van der Waals surface area contributed by atoms with Gasteiger partial charge in [-0.3, -0.25) is 4.72 Å². The zero-order valence-corrected chi connectivity index (χ0v) is 12.7. The molecular weight excluding hydrogens is 286 g/mol. The number of rotatable bonds is 3. The van der Waals surface area contributed by atoms with Gasteiger partial charge in [0.15, 0.2) is 0 Å². The lowest BCUT2D eigenvalue weighted by Gasteiger charge is -2.09. The SMILES string of the molecule is CC1Cc2c(-c3ccc(NS(C)(=O)=O)cc3)ccnc2N1. The second-order valence-corrected chi connectivity index (χ2v) is 7.14. The number of nitrogens with zero attached hydrogens (tertiary/aromatic N) is 1. The average Bonchev–Trinajstić information content (AvgIpc) is 2.78. The number of benzene rings is 1. The fraction of sp³-hybridized carbons (Fsp3) is 0.267. The van der Waals surface area contributed by atoms with Crippen LogP contribution >= 0.6 is 0 Å². The van der Waals surface area contributed by atoms with E-state index in [0.29, 0.717) is 11.7 Å². The van der Waals surface area contributed by atoms with E-state index in [1.165, 1.54) is 5.56 Å². The van der Waals surface area contributed by atoms with E-state index in [-0.39, 0.29) is 0 Å². The van der Waals surface area contributed by atoms with Gasteiger partial charge in [-0.25, -0.2) is 13.4 Å². The van der Waals surface area contributed by atoms with Gasteiger partial charge in [0.05, 0.1) is 6.26 Å². The highest BCUT2D eigenvalue weighted by atomic mass is 32.2. The number of aromatic nitrogens is 1. The highest BCUT2D eigenvalue weighted by molar-refractivity contribution is 7.92. The molecule has 110 valence electrons. The molecule has 2 aromatic rings. The number of hydrogen-bond acceptors (Lipinski definition) is 4. The van der Waals surface area contributed by atoms with Crippen LogP contribution in [0.15, 0.2) is 36.5 Å². The third-order valence-electron chi connectivity index (χ3n) is 3.45. The van der Waals surface area contributed by atoms with E-state index < -0.39 is 10.0 Å². The molecule has 0 saturated carbocycles. The molecule has 2 heterocycles. The van der Waals surface area contributed by atoms with Gasteiger partial charge in [-0.1, -0.05) is 12.1 Å². The first-order chi connectivity index (χ1) is 9.92. The molecule has 0 spiro atoms. The normalized spacial score (nSPS) is 17.1. The van der Waals surface area contributed by atoms with Crippen LogP contribution in [0.5, 0.6) is 0 Å². The molecule has 6 heteroatoms. The fourth-order valence-electron chi connectivity index (χ4n) is 2.62. The quantitative estimate of drug-likeness (QED) is 0.914. The summed E-state index contributed by atoms with van der Waals surface area (Å²) >= 11 is 0. The van der Waals surface area contributed by atoms with Crippen molar-refractivity contribution in [2.45, 2.75) is 19.4 Å². The highest BCUT2D eigenvalue weighted by Gasteiger charge is 2.21. The molecule has 0 bridgehead atoms. The first-order valence-corrected chi connectivity index (χ1v) is 8.64. The standard InChI is InChI=1S/C15H17N3O2S/c1-10-9-14-13(7-8-16-15(14)17-10)11-3-5-12(6-4-11)18-21(2,19)20/h3-8,10,18H,9H2,1-2H3,(H,16,17). The minimum atomic E-state index is -3.24. The monoisotopic (exact) mass is 303 g/mol. The molecule has 3 rings (SSSR count). The summed E-state index contributed by atoms with van der Waals surface area (Å²) in [5.41, 5.74) is 3.98. The van der Waals surface area contributed by atoms with Gasteiger partial charge in [0.1, 0.15) is 5.82 Å². The molecule has 2 N–H and O–H groups in total. The predicted octanol–water partition coefficient (Wildman–Crippen LogP) is 2.48. The van der Waals surface area contributed by atoms with Crippen molar-refractivity contribution in [3.8, 4) is 11.1 Å². The molecule has 1 aliphatic rings. The maximum atomic E-state index is 11.2. The first kappa shape index (κ1) is 13.9. The van der Waals surface area contributed by atoms with Crippen LogP contribution in [0.4, 0.5) is 11.5 Å². The van der Waals surface area contributed by atoms with Crippen molar-refractivity contribution in [3.05, 3.63) is 42.1 Å².